The molecule has 7 heteroatoms. The van der Waals surface area contributed by atoms with Gasteiger partial charge in [-0.1, -0.05) is 18.9 Å². The van der Waals surface area contributed by atoms with Crippen LogP contribution in [-0.4, -0.2) is 81.0 Å². The average molecular weight is 354 g/mol. The molecule has 2 heterocycles. The van der Waals surface area contributed by atoms with E-state index in [1.807, 2.05) is 12.1 Å². The van der Waals surface area contributed by atoms with E-state index < -0.39 is 31.0 Å². The first-order valence-corrected chi connectivity index (χ1v) is 8.99. The number of nitrogens with zero attached hydrogens (tertiary/aromatic N) is 2. The molecular formula is C18H30N2O5. The first kappa shape index (κ1) is 20.2. The van der Waals surface area contributed by atoms with E-state index in [0.29, 0.717) is 13.2 Å². The summed E-state index contributed by atoms with van der Waals surface area (Å²) in [4.78, 5) is 6.19. The normalized spacial score (nSPS) is 28.7. The second kappa shape index (κ2) is 10.8. The van der Waals surface area contributed by atoms with E-state index in [0.717, 1.165) is 37.8 Å². The van der Waals surface area contributed by atoms with Gasteiger partial charge in [0.25, 0.3) is 0 Å². The van der Waals surface area contributed by atoms with Crippen molar-refractivity contribution in [2.75, 3.05) is 26.3 Å². The van der Waals surface area contributed by atoms with E-state index in [1.54, 1.807) is 12.4 Å². The predicted octanol–water partition coefficient (Wildman–Crippen LogP) is -0.0822. The quantitative estimate of drug-likeness (QED) is 0.599. The third-order valence-corrected chi connectivity index (χ3v) is 4.55. The lowest BCUT2D eigenvalue weighted by molar-refractivity contribution is -0.147. The monoisotopic (exact) mass is 354 g/mol. The van der Waals surface area contributed by atoms with Crippen LogP contribution in [0.4, 0.5) is 0 Å². The minimum Gasteiger partial charge on any atom is -0.394 e. The number of aromatic nitrogens is 1. The molecule has 1 aliphatic heterocycles. The Morgan fingerprint density at radius 3 is 2.76 bits per heavy atom. The number of aliphatic hydroxyl groups excluding tert-OH is 4. The summed E-state index contributed by atoms with van der Waals surface area (Å²) >= 11 is 0. The van der Waals surface area contributed by atoms with Crippen LogP contribution in [0.2, 0.25) is 0 Å². The zero-order valence-corrected chi connectivity index (χ0v) is 14.6. The zero-order chi connectivity index (χ0) is 18.1. The highest BCUT2D eigenvalue weighted by molar-refractivity contribution is 5.08. The molecule has 1 aromatic rings. The molecule has 25 heavy (non-hydrogen) atoms. The van der Waals surface area contributed by atoms with Crippen LogP contribution in [0, 0.1) is 0 Å². The molecule has 1 fully saturated rings. The van der Waals surface area contributed by atoms with Gasteiger partial charge >= 0.3 is 0 Å². The second-order valence-corrected chi connectivity index (χ2v) is 6.65. The predicted molar refractivity (Wildman–Crippen MR) is 92.8 cm³/mol. The van der Waals surface area contributed by atoms with Gasteiger partial charge in [0.1, 0.15) is 18.3 Å². The molecule has 2 rings (SSSR count). The van der Waals surface area contributed by atoms with Crippen molar-refractivity contribution in [2.24, 2.45) is 0 Å². The third kappa shape index (κ3) is 6.62. The molecule has 4 N–H and O–H groups in total. The zero-order valence-electron chi connectivity index (χ0n) is 14.6. The van der Waals surface area contributed by atoms with Crippen LogP contribution in [0.15, 0.2) is 24.5 Å². The van der Waals surface area contributed by atoms with Crippen LogP contribution in [0.3, 0.4) is 0 Å². The number of hydrogen-bond donors (Lipinski definition) is 4. The maximum atomic E-state index is 10.4. The molecule has 142 valence electrons. The van der Waals surface area contributed by atoms with Gasteiger partial charge in [0.2, 0.25) is 0 Å². The van der Waals surface area contributed by atoms with Crippen molar-refractivity contribution in [3.8, 4) is 0 Å². The summed E-state index contributed by atoms with van der Waals surface area (Å²) in [6.07, 6.45) is 2.82. The Hall–Kier alpha value is -1.09. The number of β-amino-alcohol motifs (C(OH)–C–C–N with tert-alkyl or cyclic N) is 1. The minimum absolute atomic E-state index is 0.258. The summed E-state index contributed by atoms with van der Waals surface area (Å²) in [6, 6.07) is 3.85. The van der Waals surface area contributed by atoms with E-state index >= 15 is 0 Å². The molecule has 0 unspecified atom stereocenters. The van der Waals surface area contributed by atoms with E-state index in [1.165, 1.54) is 0 Å². The third-order valence-electron chi connectivity index (χ3n) is 4.55. The first-order chi connectivity index (χ1) is 12.1. The van der Waals surface area contributed by atoms with Gasteiger partial charge in [-0.05, 0) is 31.0 Å². The molecule has 1 aliphatic rings. The second-order valence-electron chi connectivity index (χ2n) is 6.65. The maximum absolute atomic E-state index is 10.4. The first-order valence-electron chi connectivity index (χ1n) is 8.99. The Balaban J connectivity index is 2.06. The molecule has 0 spiro atoms. The minimum atomic E-state index is -1.27. The van der Waals surface area contributed by atoms with Crippen molar-refractivity contribution < 1.29 is 25.2 Å². The molecule has 0 aliphatic carbocycles. The maximum Gasteiger partial charge on any atom is 0.114 e. The lowest BCUT2D eigenvalue weighted by atomic mass is 10.0. The summed E-state index contributed by atoms with van der Waals surface area (Å²) in [6.45, 7) is 1.57. The largest absolute Gasteiger partial charge is 0.394 e. The van der Waals surface area contributed by atoms with E-state index in [-0.39, 0.29) is 6.54 Å². The molecule has 0 amide bonds. The molecular weight excluding hydrogens is 324 g/mol. The number of aliphatic hydroxyl groups is 4. The van der Waals surface area contributed by atoms with Gasteiger partial charge in [0, 0.05) is 32.1 Å². The fourth-order valence-corrected chi connectivity index (χ4v) is 3.13. The van der Waals surface area contributed by atoms with Crippen molar-refractivity contribution in [2.45, 2.75) is 56.6 Å². The van der Waals surface area contributed by atoms with Gasteiger partial charge in [-0.3, -0.25) is 9.88 Å². The topological polar surface area (TPSA) is 106 Å². The Morgan fingerprint density at radius 2 is 2.04 bits per heavy atom. The SMILES string of the molecule is OC[C@@H](O)[C@H]1OCCCCCCN(Cc2cccnc2)C[C@H](O)[C@H]1O. The van der Waals surface area contributed by atoms with Crippen LogP contribution < -0.4 is 0 Å². The van der Waals surface area contributed by atoms with Gasteiger partial charge in [-0.15, -0.1) is 0 Å². The number of pyridine rings is 1. The van der Waals surface area contributed by atoms with E-state index in [9.17, 15) is 20.4 Å². The van der Waals surface area contributed by atoms with Crippen LogP contribution in [0.1, 0.15) is 31.2 Å². The van der Waals surface area contributed by atoms with Crippen LogP contribution in [0.25, 0.3) is 0 Å². The lowest BCUT2D eigenvalue weighted by Crippen LogP contribution is -2.51. The van der Waals surface area contributed by atoms with Gasteiger partial charge in [-0.2, -0.15) is 0 Å². The molecule has 4 atom stereocenters. The van der Waals surface area contributed by atoms with E-state index in [4.69, 9.17) is 4.74 Å². The van der Waals surface area contributed by atoms with Crippen LogP contribution >= 0.6 is 0 Å². The van der Waals surface area contributed by atoms with Gasteiger partial charge < -0.3 is 25.2 Å². The fourth-order valence-electron chi connectivity index (χ4n) is 3.13. The molecule has 1 saturated heterocycles. The summed E-state index contributed by atoms with van der Waals surface area (Å²) in [5.74, 6) is 0. The molecule has 1 aromatic heterocycles. The highest BCUT2D eigenvalue weighted by Gasteiger charge is 2.33. The molecule has 0 saturated carbocycles. The summed E-state index contributed by atoms with van der Waals surface area (Å²) in [7, 11) is 0. The van der Waals surface area contributed by atoms with Crippen molar-refractivity contribution >= 4 is 0 Å². The molecule has 7 nitrogen and oxygen atoms in total. The smallest absolute Gasteiger partial charge is 0.114 e. The summed E-state index contributed by atoms with van der Waals surface area (Å²) in [5, 5.41) is 40.0. The Bertz CT molecular complexity index is 476. The Labute approximate surface area is 148 Å². The average Bonchev–Trinajstić information content (AvgIpc) is 2.62. The van der Waals surface area contributed by atoms with Gasteiger partial charge in [0.15, 0.2) is 0 Å². The van der Waals surface area contributed by atoms with Crippen molar-refractivity contribution in [3.63, 3.8) is 0 Å². The lowest BCUT2D eigenvalue weighted by Gasteiger charge is -2.33. The number of rotatable bonds is 4. The summed E-state index contributed by atoms with van der Waals surface area (Å²) < 4.78 is 5.56. The van der Waals surface area contributed by atoms with Crippen molar-refractivity contribution in [3.05, 3.63) is 30.1 Å². The highest BCUT2D eigenvalue weighted by atomic mass is 16.5. The Morgan fingerprint density at radius 1 is 1.24 bits per heavy atom. The van der Waals surface area contributed by atoms with Crippen LogP contribution in [0.5, 0.6) is 0 Å². The number of ether oxygens (including phenoxy) is 1. The molecule has 0 aromatic carbocycles. The van der Waals surface area contributed by atoms with Crippen molar-refractivity contribution in [1.82, 2.24) is 9.88 Å². The van der Waals surface area contributed by atoms with E-state index in [2.05, 4.69) is 9.88 Å². The highest BCUT2D eigenvalue weighted by Crippen LogP contribution is 2.15. The molecule has 0 radical (unpaired) electrons. The van der Waals surface area contributed by atoms with Crippen LogP contribution in [-0.2, 0) is 11.3 Å². The van der Waals surface area contributed by atoms with Gasteiger partial charge in [0.05, 0.1) is 12.7 Å². The van der Waals surface area contributed by atoms with Crippen molar-refractivity contribution in [1.29, 1.82) is 0 Å². The van der Waals surface area contributed by atoms with Gasteiger partial charge in [-0.25, -0.2) is 0 Å². The fraction of sp³-hybridized carbons (Fsp3) is 0.722. The molecule has 0 bridgehead atoms. The number of hydrogen-bond acceptors (Lipinski definition) is 7. The summed E-state index contributed by atoms with van der Waals surface area (Å²) in [5.41, 5.74) is 1.04. The Kier molecular flexibility index (Phi) is 8.74. The standard InChI is InChI=1S/C18H30N2O5/c21-13-16(23)18-17(24)15(22)12-20(8-3-1-2-4-9-25-18)11-14-6-5-7-19-10-14/h5-7,10,15-18,21-24H,1-4,8-9,11-13H2/t15-,16+,17+,18+/m0/s1.